The van der Waals surface area contributed by atoms with Crippen LogP contribution in [0.3, 0.4) is 0 Å². The van der Waals surface area contributed by atoms with Crippen molar-refractivity contribution in [2.45, 2.75) is 32.6 Å². The molecule has 2 heterocycles. The number of nitrogens with zero attached hydrogens (tertiary/aromatic N) is 2. The Morgan fingerprint density at radius 3 is 2.38 bits per heavy atom. The van der Waals surface area contributed by atoms with E-state index in [0.717, 1.165) is 5.56 Å². The number of amides is 1. The molecule has 1 amide bonds. The van der Waals surface area contributed by atoms with Crippen LogP contribution >= 0.6 is 0 Å². The molecule has 0 saturated carbocycles. The Morgan fingerprint density at radius 2 is 1.69 bits per heavy atom. The number of anilines is 1. The van der Waals surface area contributed by atoms with Gasteiger partial charge < -0.3 is 14.6 Å². The molecule has 0 radical (unpaired) electrons. The zero-order valence-corrected chi connectivity index (χ0v) is 21.7. The van der Waals surface area contributed by atoms with Crippen molar-refractivity contribution in [2.75, 3.05) is 4.90 Å². The summed E-state index contributed by atoms with van der Waals surface area (Å²) in [5, 5.41) is 11.4. The third-order valence-corrected chi connectivity index (χ3v) is 6.29. The van der Waals surface area contributed by atoms with Crippen LogP contribution in [0.25, 0.3) is 5.76 Å². The lowest BCUT2D eigenvalue weighted by Gasteiger charge is -2.25. The van der Waals surface area contributed by atoms with Crippen LogP contribution in [0.2, 0.25) is 0 Å². The van der Waals surface area contributed by atoms with Gasteiger partial charge in [0.25, 0.3) is 11.7 Å². The molecule has 1 aliphatic heterocycles. The van der Waals surface area contributed by atoms with E-state index in [-0.39, 0.29) is 17.4 Å². The Hall–Kier alpha value is -4.91. The van der Waals surface area contributed by atoms with Crippen LogP contribution in [0.4, 0.5) is 5.69 Å². The summed E-state index contributed by atoms with van der Waals surface area (Å²) in [6.45, 7) is 4.21. The minimum atomic E-state index is -0.871. The molecule has 1 saturated heterocycles. The first-order valence-electron chi connectivity index (χ1n) is 12.7. The minimum Gasteiger partial charge on any atom is -0.507 e. The molecule has 196 valence electrons. The lowest BCUT2D eigenvalue weighted by molar-refractivity contribution is -0.132. The molecule has 7 nitrogen and oxygen atoms in total. The molecule has 39 heavy (non-hydrogen) atoms. The number of benzene rings is 3. The molecule has 1 atom stereocenters. The second-order valence-corrected chi connectivity index (χ2v) is 9.42. The number of aliphatic hydroxyl groups is 1. The van der Waals surface area contributed by atoms with E-state index in [1.807, 2.05) is 44.2 Å². The van der Waals surface area contributed by atoms with E-state index in [1.54, 1.807) is 73.1 Å². The zero-order valence-electron chi connectivity index (χ0n) is 21.7. The number of carbonyl (C=O) groups excluding carboxylic acids is 2. The predicted octanol–water partition coefficient (Wildman–Crippen LogP) is 6.07. The molecule has 1 aromatic heterocycles. The van der Waals surface area contributed by atoms with Crippen LogP contribution in [0.1, 0.15) is 36.6 Å². The third kappa shape index (κ3) is 5.52. The van der Waals surface area contributed by atoms with Gasteiger partial charge in [0.05, 0.1) is 17.7 Å². The summed E-state index contributed by atoms with van der Waals surface area (Å²) in [7, 11) is 0. The van der Waals surface area contributed by atoms with E-state index >= 15 is 0 Å². The second kappa shape index (κ2) is 11.2. The molecular formula is C32H28N2O5. The number of ether oxygens (including phenoxy) is 2. The van der Waals surface area contributed by atoms with Gasteiger partial charge in [-0.2, -0.15) is 0 Å². The van der Waals surface area contributed by atoms with Crippen molar-refractivity contribution in [3.63, 3.8) is 0 Å². The third-order valence-electron chi connectivity index (χ3n) is 6.29. The van der Waals surface area contributed by atoms with Crippen LogP contribution in [0.5, 0.6) is 11.5 Å². The topological polar surface area (TPSA) is 89.0 Å². The Morgan fingerprint density at radius 1 is 0.923 bits per heavy atom. The van der Waals surface area contributed by atoms with E-state index in [4.69, 9.17) is 9.47 Å². The van der Waals surface area contributed by atoms with E-state index in [2.05, 4.69) is 4.98 Å². The molecule has 1 unspecified atom stereocenters. The zero-order chi connectivity index (χ0) is 27.4. The Labute approximate surface area is 227 Å². The number of carbonyl (C=O) groups is 2. The molecular weight excluding hydrogens is 492 g/mol. The fourth-order valence-electron chi connectivity index (χ4n) is 4.54. The summed E-state index contributed by atoms with van der Waals surface area (Å²) in [4.78, 5) is 32.4. The average Bonchev–Trinajstić information content (AvgIpc) is 3.22. The molecule has 1 aliphatic rings. The highest BCUT2D eigenvalue weighted by Crippen LogP contribution is 2.42. The average molecular weight is 521 g/mol. The van der Waals surface area contributed by atoms with Crippen molar-refractivity contribution in [3.8, 4) is 11.5 Å². The Kier molecular flexibility index (Phi) is 7.41. The van der Waals surface area contributed by atoms with E-state index in [0.29, 0.717) is 34.9 Å². The fraction of sp³-hybridized carbons (Fsp3) is 0.156. The number of rotatable bonds is 8. The van der Waals surface area contributed by atoms with Crippen molar-refractivity contribution < 1.29 is 24.2 Å². The van der Waals surface area contributed by atoms with E-state index in [1.165, 1.54) is 4.90 Å². The Bertz CT molecular complexity index is 1500. The number of aromatic nitrogens is 1. The number of Topliss-reactive ketones (excluding diaryl/α,β-unsaturated/α-hetero) is 1. The van der Waals surface area contributed by atoms with Gasteiger partial charge in [-0.25, -0.2) is 0 Å². The van der Waals surface area contributed by atoms with Gasteiger partial charge in [-0.1, -0.05) is 48.5 Å². The van der Waals surface area contributed by atoms with Gasteiger partial charge in [-0.15, -0.1) is 0 Å². The fourth-order valence-corrected chi connectivity index (χ4v) is 4.54. The van der Waals surface area contributed by atoms with Crippen molar-refractivity contribution >= 4 is 23.1 Å². The van der Waals surface area contributed by atoms with Crippen LogP contribution in [-0.4, -0.2) is 27.9 Å². The summed E-state index contributed by atoms with van der Waals surface area (Å²) < 4.78 is 11.6. The van der Waals surface area contributed by atoms with Crippen molar-refractivity contribution in [1.29, 1.82) is 0 Å². The van der Waals surface area contributed by atoms with Gasteiger partial charge in [0, 0.05) is 23.6 Å². The second-order valence-electron chi connectivity index (χ2n) is 9.42. The Balaban J connectivity index is 1.51. The van der Waals surface area contributed by atoms with Gasteiger partial charge in [0.15, 0.2) is 0 Å². The number of aliphatic hydroxyl groups excluding tert-OH is 1. The summed E-state index contributed by atoms with van der Waals surface area (Å²) in [6, 6.07) is 26.2. The standard InChI is InChI=1S/C32H28N2O5/c1-21(2)39-27-12-6-10-23(18-27)30(35)28-29(24-11-7-17-33-19-24)34(32(37)31(28)36)25-13-15-26(16-14-25)38-20-22-8-4-3-5-9-22/h3-19,21,29,35H,20H2,1-2H3/b30-28-. The monoisotopic (exact) mass is 520 g/mol. The van der Waals surface area contributed by atoms with Gasteiger partial charge in [-0.05, 0) is 67.4 Å². The van der Waals surface area contributed by atoms with Crippen molar-refractivity contribution in [3.05, 3.63) is 126 Å². The van der Waals surface area contributed by atoms with Crippen LogP contribution in [0.15, 0.2) is 109 Å². The van der Waals surface area contributed by atoms with E-state index < -0.39 is 17.7 Å². The first-order chi connectivity index (χ1) is 18.9. The molecule has 1 fully saturated rings. The molecule has 3 aromatic carbocycles. The maximum absolute atomic E-state index is 13.4. The van der Waals surface area contributed by atoms with Gasteiger partial charge in [0.2, 0.25) is 0 Å². The summed E-state index contributed by atoms with van der Waals surface area (Å²) in [5.74, 6) is -0.619. The highest BCUT2D eigenvalue weighted by atomic mass is 16.5. The molecule has 5 rings (SSSR count). The van der Waals surface area contributed by atoms with Gasteiger partial charge >= 0.3 is 0 Å². The molecule has 0 spiro atoms. The number of pyridine rings is 1. The summed E-state index contributed by atoms with van der Waals surface area (Å²) >= 11 is 0. The SMILES string of the molecule is CC(C)Oc1cccc(/C(O)=C2/C(=O)C(=O)N(c3ccc(OCc4ccccc4)cc3)C2c2cccnc2)c1. The predicted molar refractivity (Wildman–Crippen MR) is 148 cm³/mol. The molecule has 0 aliphatic carbocycles. The maximum Gasteiger partial charge on any atom is 0.300 e. The molecule has 4 aromatic rings. The molecule has 1 N–H and O–H groups in total. The molecule has 7 heteroatoms. The molecule has 0 bridgehead atoms. The minimum absolute atomic E-state index is 0.0147. The largest absolute Gasteiger partial charge is 0.507 e. The summed E-state index contributed by atoms with van der Waals surface area (Å²) in [5.41, 5.74) is 2.49. The lowest BCUT2D eigenvalue weighted by Crippen LogP contribution is -2.29. The quantitative estimate of drug-likeness (QED) is 0.172. The number of ketones is 1. The van der Waals surface area contributed by atoms with E-state index in [9.17, 15) is 14.7 Å². The number of hydrogen-bond acceptors (Lipinski definition) is 6. The summed E-state index contributed by atoms with van der Waals surface area (Å²) in [6.07, 6.45) is 3.14. The highest BCUT2D eigenvalue weighted by Gasteiger charge is 2.47. The van der Waals surface area contributed by atoms with Crippen LogP contribution in [0, 0.1) is 0 Å². The van der Waals surface area contributed by atoms with Gasteiger partial charge in [-0.3, -0.25) is 19.5 Å². The maximum atomic E-state index is 13.4. The highest BCUT2D eigenvalue weighted by molar-refractivity contribution is 6.51. The number of hydrogen-bond donors (Lipinski definition) is 1. The lowest BCUT2D eigenvalue weighted by atomic mass is 9.96. The van der Waals surface area contributed by atoms with Crippen molar-refractivity contribution in [1.82, 2.24) is 4.98 Å². The normalized spacial score (nSPS) is 16.5. The van der Waals surface area contributed by atoms with Crippen LogP contribution < -0.4 is 14.4 Å². The first kappa shape index (κ1) is 25.7. The van der Waals surface area contributed by atoms with Gasteiger partial charge in [0.1, 0.15) is 23.9 Å². The van der Waals surface area contributed by atoms with Crippen LogP contribution in [-0.2, 0) is 16.2 Å². The van der Waals surface area contributed by atoms with Crippen molar-refractivity contribution in [2.24, 2.45) is 0 Å². The first-order valence-corrected chi connectivity index (χ1v) is 12.7. The smallest absolute Gasteiger partial charge is 0.300 e.